The standard InChI is InChI=1S/C27H38F6N4OS/c1-5-18(19-14-20(26(28,29)30)10-11-21(15-19)27(31,32)33)8-6-12-35(2)25(38)23-16-36(3)34-24-9-7-13-37(39-4)17-22(23)24/h10,14-15,18,23,34H,5-9,11-13,16-17H2,1-4H3. The summed E-state index contributed by atoms with van der Waals surface area (Å²) < 4.78 is 83.0. The molecule has 0 aromatic rings. The lowest BCUT2D eigenvalue weighted by Crippen LogP contribution is -2.49. The van der Waals surface area contributed by atoms with Crippen LogP contribution in [0.25, 0.3) is 0 Å². The SMILES string of the molecule is CCC(CCCN(C)C(=O)C1CN(C)NC2=C1CN(SC)CCC2)C1=CC(C(F)(F)F)=CCC(C(F)(F)F)=C1. The Bertz CT molecular complexity index is 1020. The highest BCUT2D eigenvalue weighted by Gasteiger charge is 2.38. The molecule has 39 heavy (non-hydrogen) atoms. The zero-order valence-corrected chi connectivity index (χ0v) is 23.7. The van der Waals surface area contributed by atoms with Gasteiger partial charge < -0.3 is 10.3 Å². The number of hydrogen-bond acceptors (Lipinski definition) is 5. The van der Waals surface area contributed by atoms with Crippen molar-refractivity contribution in [1.29, 1.82) is 0 Å². The van der Waals surface area contributed by atoms with E-state index in [2.05, 4.69) is 9.73 Å². The molecule has 2 unspecified atom stereocenters. The Morgan fingerprint density at radius 1 is 1.21 bits per heavy atom. The van der Waals surface area contributed by atoms with E-state index in [-0.39, 0.29) is 17.4 Å². The third kappa shape index (κ3) is 8.29. The summed E-state index contributed by atoms with van der Waals surface area (Å²) in [4.78, 5) is 15.2. The van der Waals surface area contributed by atoms with Crippen molar-refractivity contribution >= 4 is 17.9 Å². The monoisotopic (exact) mass is 580 g/mol. The first kappa shape index (κ1) is 31.6. The number of carbonyl (C=O) groups is 1. The molecule has 0 aromatic carbocycles. The van der Waals surface area contributed by atoms with E-state index in [1.807, 2.05) is 18.3 Å². The highest BCUT2D eigenvalue weighted by Crippen LogP contribution is 2.39. The maximum absolute atomic E-state index is 13.5. The summed E-state index contributed by atoms with van der Waals surface area (Å²) >= 11 is 1.65. The molecule has 0 bridgehead atoms. The van der Waals surface area contributed by atoms with Crippen molar-refractivity contribution in [2.75, 3.05) is 46.5 Å². The normalized spacial score (nSPS) is 22.6. The minimum atomic E-state index is -4.73. The van der Waals surface area contributed by atoms with Crippen LogP contribution in [0.3, 0.4) is 0 Å². The number of rotatable bonds is 8. The molecule has 0 fully saturated rings. The number of nitrogens with one attached hydrogen (secondary N) is 1. The van der Waals surface area contributed by atoms with Crippen LogP contribution in [0.15, 0.2) is 46.2 Å². The number of nitrogens with zero attached hydrogens (tertiary/aromatic N) is 3. The highest BCUT2D eigenvalue weighted by atomic mass is 32.2. The number of alkyl halides is 6. The number of hydrazine groups is 1. The quantitative estimate of drug-likeness (QED) is 0.271. The number of amides is 1. The maximum Gasteiger partial charge on any atom is 0.416 e. The van der Waals surface area contributed by atoms with Crippen LogP contribution >= 0.6 is 11.9 Å². The van der Waals surface area contributed by atoms with E-state index in [1.54, 1.807) is 30.8 Å². The number of allylic oxidation sites excluding steroid dienone is 7. The Labute approximate surface area is 231 Å². The summed E-state index contributed by atoms with van der Waals surface area (Å²) in [6, 6.07) is 0. The predicted molar refractivity (Wildman–Crippen MR) is 142 cm³/mol. The molecule has 0 saturated carbocycles. The molecule has 0 saturated heterocycles. The number of halogens is 6. The fourth-order valence-electron chi connectivity index (χ4n) is 5.40. The summed E-state index contributed by atoms with van der Waals surface area (Å²) in [5.41, 5.74) is 3.55. The van der Waals surface area contributed by atoms with Crippen LogP contribution in [0.5, 0.6) is 0 Å². The summed E-state index contributed by atoms with van der Waals surface area (Å²) in [7, 11) is 3.62. The average molecular weight is 581 g/mol. The van der Waals surface area contributed by atoms with Crippen molar-refractivity contribution in [2.45, 2.75) is 57.8 Å². The van der Waals surface area contributed by atoms with Gasteiger partial charge in [0.2, 0.25) is 5.91 Å². The smallest absolute Gasteiger partial charge is 0.345 e. The summed E-state index contributed by atoms with van der Waals surface area (Å²) in [5.74, 6) is -0.833. The molecular formula is C27H38F6N4OS. The molecule has 2 aliphatic heterocycles. The zero-order chi connectivity index (χ0) is 29.0. The average Bonchev–Trinajstić information content (AvgIpc) is 3.22. The second kappa shape index (κ2) is 13.2. The van der Waals surface area contributed by atoms with Gasteiger partial charge in [0, 0.05) is 51.5 Å². The van der Waals surface area contributed by atoms with Gasteiger partial charge in [-0.05, 0) is 67.9 Å². The lowest BCUT2D eigenvalue weighted by Gasteiger charge is -2.37. The molecule has 0 aromatic heterocycles. The van der Waals surface area contributed by atoms with Crippen molar-refractivity contribution in [1.82, 2.24) is 19.6 Å². The second-order valence-corrected chi connectivity index (χ2v) is 11.3. The van der Waals surface area contributed by atoms with Gasteiger partial charge in [-0.2, -0.15) is 26.3 Å². The van der Waals surface area contributed by atoms with Crippen LogP contribution in [0, 0.1) is 11.8 Å². The Balaban J connectivity index is 1.71. The fourth-order valence-corrected chi connectivity index (χ4v) is 5.98. The van der Waals surface area contributed by atoms with E-state index < -0.39 is 35.8 Å². The first-order valence-corrected chi connectivity index (χ1v) is 14.4. The van der Waals surface area contributed by atoms with Gasteiger partial charge in [-0.15, -0.1) is 0 Å². The Hall–Kier alpha value is -1.92. The first-order valence-electron chi connectivity index (χ1n) is 13.2. The van der Waals surface area contributed by atoms with Gasteiger partial charge in [0.05, 0.1) is 11.5 Å². The summed E-state index contributed by atoms with van der Waals surface area (Å²) in [6.07, 6.45) is -2.84. The van der Waals surface area contributed by atoms with Crippen LogP contribution < -0.4 is 5.43 Å². The van der Waals surface area contributed by atoms with E-state index in [0.717, 1.165) is 42.8 Å². The lowest BCUT2D eigenvalue weighted by molar-refractivity contribution is -0.134. The molecule has 3 rings (SSSR count). The molecule has 3 aliphatic rings. The van der Waals surface area contributed by atoms with Crippen LogP contribution in [0.4, 0.5) is 26.3 Å². The molecule has 12 heteroatoms. The zero-order valence-electron chi connectivity index (χ0n) is 22.9. The van der Waals surface area contributed by atoms with Gasteiger partial charge in [0.1, 0.15) is 0 Å². The molecule has 0 spiro atoms. The van der Waals surface area contributed by atoms with Gasteiger partial charge in [-0.3, -0.25) is 4.79 Å². The number of carbonyl (C=O) groups excluding carboxylic acids is 1. The third-order valence-corrected chi connectivity index (χ3v) is 8.44. The molecule has 1 amide bonds. The molecule has 2 heterocycles. The molecule has 1 N–H and O–H groups in total. The van der Waals surface area contributed by atoms with Crippen LogP contribution in [0.2, 0.25) is 0 Å². The lowest BCUT2D eigenvalue weighted by atomic mass is 9.89. The number of hydrogen-bond donors (Lipinski definition) is 1. The van der Waals surface area contributed by atoms with E-state index in [4.69, 9.17) is 0 Å². The topological polar surface area (TPSA) is 38.8 Å². The van der Waals surface area contributed by atoms with E-state index in [1.165, 1.54) is 0 Å². The van der Waals surface area contributed by atoms with Gasteiger partial charge in [-0.25, -0.2) is 9.31 Å². The fraction of sp³-hybridized carbons (Fsp3) is 0.667. The highest BCUT2D eigenvalue weighted by molar-refractivity contribution is 7.96. The Morgan fingerprint density at radius 2 is 1.92 bits per heavy atom. The largest absolute Gasteiger partial charge is 0.416 e. The van der Waals surface area contributed by atoms with Gasteiger partial charge in [-0.1, -0.05) is 31.0 Å². The van der Waals surface area contributed by atoms with Gasteiger partial charge in [0.25, 0.3) is 0 Å². The first-order chi connectivity index (χ1) is 18.2. The van der Waals surface area contributed by atoms with E-state index in [0.29, 0.717) is 45.0 Å². The molecule has 1 aliphatic carbocycles. The van der Waals surface area contributed by atoms with Crippen molar-refractivity contribution in [2.24, 2.45) is 11.8 Å². The minimum absolute atomic E-state index is 0.0259. The van der Waals surface area contributed by atoms with Crippen LogP contribution in [0.1, 0.15) is 45.4 Å². The molecule has 5 nitrogen and oxygen atoms in total. The van der Waals surface area contributed by atoms with Gasteiger partial charge in [0.15, 0.2) is 0 Å². The van der Waals surface area contributed by atoms with Crippen LogP contribution in [-0.4, -0.2) is 79.0 Å². The van der Waals surface area contributed by atoms with Crippen molar-refractivity contribution in [3.05, 3.63) is 46.2 Å². The van der Waals surface area contributed by atoms with Gasteiger partial charge >= 0.3 is 12.4 Å². The molecule has 0 radical (unpaired) electrons. The van der Waals surface area contributed by atoms with E-state index in [9.17, 15) is 31.1 Å². The second-order valence-electron chi connectivity index (χ2n) is 10.4. The Morgan fingerprint density at radius 3 is 2.54 bits per heavy atom. The molecule has 2 atom stereocenters. The predicted octanol–water partition coefficient (Wildman–Crippen LogP) is 6.25. The summed E-state index contributed by atoms with van der Waals surface area (Å²) in [5, 5.41) is 1.92. The third-order valence-electron chi connectivity index (χ3n) is 7.61. The molecular weight excluding hydrogens is 542 g/mol. The maximum atomic E-state index is 13.5. The van der Waals surface area contributed by atoms with Crippen molar-refractivity contribution in [3.63, 3.8) is 0 Å². The minimum Gasteiger partial charge on any atom is -0.345 e. The van der Waals surface area contributed by atoms with E-state index >= 15 is 0 Å². The van der Waals surface area contributed by atoms with Crippen molar-refractivity contribution in [3.8, 4) is 0 Å². The Kier molecular flexibility index (Phi) is 10.7. The molecule has 220 valence electrons. The summed E-state index contributed by atoms with van der Waals surface area (Å²) in [6.45, 7) is 4.26. The van der Waals surface area contributed by atoms with Crippen molar-refractivity contribution < 1.29 is 31.1 Å². The van der Waals surface area contributed by atoms with Crippen LogP contribution in [-0.2, 0) is 4.79 Å².